The Balaban J connectivity index is 4.44. The Morgan fingerprint density at radius 1 is 1.40 bits per heavy atom. The van der Waals surface area contributed by atoms with Crippen molar-refractivity contribution in [3.8, 4) is 12.3 Å². The average Bonchev–Trinajstić information content (AvgIpc) is 2.15. The second-order valence-corrected chi connectivity index (χ2v) is 6.12. The van der Waals surface area contributed by atoms with Crippen molar-refractivity contribution in [2.45, 2.75) is 33.6 Å². The first kappa shape index (κ1) is 14.5. The zero-order valence-corrected chi connectivity index (χ0v) is 10.7. The molecule has 0 aromatic heterocycles. The zero-order chi connectivity index (χ0) is 11.9. The normalized spacial score (nSPS) is 12.0. The Morgan fingerprint density at radius 2 is 2.00 bits per heavy atom. The molecule has 0 aliphatic rings. The van der Waals surface area contributed by atoms with Gasteiger partial charge in [-0.05, 0) is 18.8 Å². The molecule has 0 bridgehead atoms. The van der Waals surface area contributed by atoms with Crippen molar-refractivity contribution in [3.05, 3.63) is 0 Å². The van der Waals surface area contributed by atoms with E-state index in [4.69, 9.17) is 6.42 Å². The van der Waals surface area contributed by atoms with E-state index in [1.54, 1.807) is 0 Å². The summed E-state index contributed by atoms with van der Waals surface area (Å²) in [6.07, 6.45) is 6.64. The Labute approximate surface area is 93.9 Å². The number of hydrogen-bond acceptors (Lipinski definition) is 2. The Bertz CT molecular complexity index is 301. The molecule has 0 heterocycles. The molecule has 4 heteroatoms. The first-order chi connectivity index (χ1) is 6.94. The molecule has 0 N–H and O–H groups in total. The molecule has 0 amide bonds. The van der Waals surface area contributed by atoms with E-state index in [-0.39, 0.29) is 12.3 Å². The van der Waals surface area contributed by atoms with Crippen LogP contribution in [0.5, 0.6) is 0 Å². The maximum Gasteiger partial charge on any atom is 0.214 e. The lowest BCUT2D eigenvalue weighted by Crippen LogP contribution is -2.34. The highest BCUT2D eigenvalue weighted by Gasteiger charge is 2.20. The third-order valence-corrected chi connectivity index (χ3v) is 3.94. The summed E-state index contributed by atoms with van der Waals surface area (Å²) in [5.74, 6) is 2.99. The van der Waals surface area contributed by atoms with Crippen LogP contribution in [-0.4, -0.2) is 31.6 Å². The minimum atomic E-state index is -3.15. The summed E-state index contributed by atoms with van der Waals surface area (Å²) in [6, 6.07) is 0. The van der Waals surface area contributed by atoms with Gasteiger partial charge in [0.1, 0.15) is 0 Å². The second kappa shape index (κ2) is 6.86. The van der Waals surface area contributed by atoms with Crippen molar-refractivity contribution in [1.29, 1.82) is 0 Å². The Kier molecular flexibility index (Phi) is 6.62. The van der Waals surface area contributed by atoms with Crippen molar-refractivity contribution < 1.29 is 8.42 Å². The van der Waals surface area contributed by atoms with Gasteiger partial charge in [0.2, 0.25) is 10.0 Å². The van der Waals surface area contributed by atoms with Gasteiger partial charge in [0.15, 0.2) is 0 Å². The quantitative estimate of drug-likeness (QED) is 0.625. The van der Waals surface area contributed by atoms with Crippen LogP contribution in [0.15, 0.2) is 0 Å². The summed E-state index contributed by atoms with van der Waals surface area (Å²) in [7, 11) is -3.15. The molecule has 0 spiro atoms. The molecule has 0 saturated heterocycles. The third kappa shape index (κ3) is 5.81. The lowest BCUT2D eigenvalue weighted by molar-refractivity contribution is 0.441. The van der Waals surface area contributed by atoms with E-state index in [2.05, 4.69) is 5.92 Å². The van der Waals surface area contributed by atoms with Gasteiger partial charge in [0.05, 0.1) is 12.3 Å². The largest absolute Gasteiger partial charge is 0.214 e. The molecule has 0 fully saturated rings. The van der Waals surface area contributed by atoms with Crippen LogP contribution in [0, 0.1) is 18.3 Å². The molecule has 3 nitrogen and oxygen atoms in total. The first-order valence-electron chi connectivity index (χ1n) is 5.35. The summed E-state index contributed by atoms with van der Waals surface area (Å²) in [6.45, 7) is 6.68. The van der Waals surface area contributed by atoms with Crippen LogP contribution in [-0.2, 0) is 10.0 Å². The van der Waals surface area contributed by atoms with Crippen molar-refractivity contribution >= 4 is 10.0 Å². The molecule has 0 aromatic rings. The minimum absolute atomic E-state index is 0.189. The Morgan fingerprint density at radius 3 is 2.40 bits per heavy atom. The summed E-state index contributed by atoms with van der Waals surface area (Å²) in [4.78, 5) is 0. The number of rotatable bonds is 7. The van der Waals surface area contributed by atoms with E-state index >= 15 is 0 Å². The minimum Gasteiger partial charge on any atom is -0.212 e. The van der Waals surface area contributed by atoms with Crippen molar-refractivity contribution in [2.75, 3.05) is 18.8 Å². The van der Waals surface area contributed by atoms with E-state index < -0.39 is 10.0 Å². The van der Waals surface area contributed by atoms with Gasteiger partial charge in [-0.2, -0.15) is 4.31 Å². The van der Waals surface area contributed by atoms with Gasteiger partial charge in [-0.25, -0.2) is 8.42 Å². The summed E-state index contributed by atoms with van der Waals surface area (Å²) < 4.78 is 25.1. The smallest absolute Gasteiger partial charge is 0.212 e. The van der Waals surface area contributed by atoms with Crippen molar-refractivity contribution in [3.63, 3.8) is 0 Å². The van der Waals surface area contributed by atoms with Gasteiger partial charge in [-0.15, -0.1) is 6.42 Å². The van der Waals surface area contributed by atoms with E-state index in [0.717, 1.165) is 6.42 Å². The van der Waals surface area contributed by atoms with Crippen LogP contribution in [0.1, 0.15) is 33.6 Å². The first-order valence-corrected chi connectivity index (χ1v) is 6.96. The molecule has 0 aromatic carbocycles. The molecular weight excluding hydrogens is 210 g/mol. The van der Waals surface area contributed by atoms with Crippen LogP contribution in [0.25, 0.3) is 0 Å². The summed E-state index contributed by atoms with van der Waals surface area (Å²) >= 11 is 0. The summed E-state index contributed by atoms with van der Waals surface area (Å²) in [5, 5.41) is 0. The second-order valence-electron chi connectivity index (χ2n) is 4.04. The maximum absolute atomic E-state index is 11.8. The summed E-state index contributed by atoms with van der Waals surface area (Å²) in [5.41, 5.74) is 0. The van der Waals surface area contributed by atoms with Gasteiger partial charge in [0.25, 0.3) is 0 Å². The van der Waals surface area contributed by atoms with E-state index in [1.165, 1.54) is 4.31 Å². The van der Waals surface area contributed by atoms with E-state index in [1.807, 2.05) is 20.8 Å². The van der Waals surface area contributed by atoms with Gasteiger partial charge >= 0.3 is 0 Å². The van der Waals surface area contributed by atoms with Crippen LogP contribution < -0.4 is 0 Å². The van der Waals surface area contributed by atoms with Crippen molar-refractivity contribution in [1.82, 2.24) is 4.31 Å². The maximum atomic E-state index is 11.8. The van der Waals surface area contributed by atoms with Gasteiger partial charge < -0.3 is 0 Å². The number of terminal acetylenes is 1. The highest BCUT2D eigenvalue weighted by atomic mass is 32.2. The topological polar surface area (TPSA) is 37.4 Å². The van der Waals surface area contributed by atoms with E-state index in [9.17, 15) is 8.42 Å². The SMILES string of the molecule is C#CCN(CCC)S(=O)(=O)CCC(C)C. The molecule has 88 valence electrons. The molecule has 0 rings (SSSR count). The van der Waals surface area contributed by atoms with Crippen LogP contribution in [0.4, 0.5) is 0 Å². The molecule has 0 radical (unpaired) electrons. The van der Waals surface area contributed by atoms with Crippen LogP contribution >= 0.6 is 0 Å². The predicted octanol–water partition coefficient (Wildman–Crippen LogP) is 1.71. The number of hydrogen-bond donors (Lipinski definition) is 0. The number of nitrogens with zero attached hydrogens (tertiary/aromatic N) is 1. The molecule has 0 saturated carbocycles. The zero-order valence-electron chi connectivity index (χ0n) is 9.86. The third-order valence-electron chi connectivity index (χ3n) is 2.09. The fourth-order valence-electron chi connectivity index (χ4n) is 1.18. The average molecular weight is 231 g/mol. The molecule has 0 aliphatic carbocycles. The van der Waals surface area contributed by atoms with Crippen molar-refractivity contribution in [2.24, 2.45) is 5.92 Å². The van der Waals surface area contributed by atoms with E-state index in [0.29, 0.717) is 18.9 Å². The molecule has 15 heavy (non-hydrogen) atoms. The van der Waals surface area contributed by atoms with Gasteiger partial charge in [0, 0.05) is 6.54 Å². The van der Waals surface area contributed by atoms with Crippen LogP contribution in [0.2, 0.25) is 0 Å². The standard InChI is InChI=1S/C11H21NO2S/c1-5-8-12(9-6-2)15(13,14)10-7-11(3)4/h1,11H,6-10H2,2-4H3. The molecular formula is C11H21NO2S. The lowest BCUT2D eigenvalue weighted by atomic mass is 10.2. The van der Waals surface area contributed by atoms with Crippen LogP contribution in [0.3, 0.4) is 0 Å². The highest BCUT2D eigenvalue weighted by molar-refractivity contribution is 7.89. The predicted molar refractivity (Wildman–Crippen MR) is 63.9 cm³/mol. The van der Waals surface area contributed by atoms with Gasteiger partial charge in [-0.3, -0.25) is 0 Å². The highest BCUT2D eigenvalue weighted by Crippen LogP contribution is 2.08. The molecule has 0 aliphatic heterocycles. The van der Waals surface area contributed by atoms with Gasteiger partial charge in [-0.1, -0.05) is 26.7 Å². The molecule has 0 unspecified atom stereocenters. The number of sulfonamides is 1. The fraction of sp³-hybridized carbons (Fsp3) is 0.818. The monoisotopic (exact) mass is 231 g/mol. The molecule has 0 atom stereocenters. The fourth-order valence-corrected chi connectivity index (χ4v) is 2.94. The Hall–Kier alpha value is -0.530. The lowest BCUT2D eigenvalue weighted by Gasteiger charge is -2.19.